The molecule has 0 bridgehead atoms. The highest BCUT2D eigenvalue weighted by Crippen LogP contribution is 2.19. The maximum absolute atomic E-state index is 12.1. The van der Waals surface area contributed by atoms with Crippen molar-refractivity contribution >= 4 is 21.6 Å². The Morgan fingerprint density at radius 2 is 1.93 bits per heavy atom. The maximum Gasteiger partial charge on any atom is 0.226 e. The first-order valence-electron chi connectivity index (χ1n) is 9.39. The van der Waals surface area contributed by atoms with Crippen LogP contribution in [0.5, 0.6) is 0 Å². The molecule has 0 radical (unpaired) electrons. The lowest BCUT2D eigenvalue weighted by Crippen LogP contribution is -2.25. The van der Waals surface area contributed by atoms with Crippen LogP contribution in [0.3, 0.4) is 0 Å². The Morgan fingerprint density at radius 3 is 2.52 bits per heavy atom. The number of aryl methyl sites for hydroxylation is 1. The molecule has 1 aromatic heterocycles. The van der Waals surface area contributed by atoms with Crippen molar-refractivity contribution in [3.05, 3.63) is 54.2 Å². The molecule has 9 heteroatoms. The van der Waals surface area contributed by atoms with Gasteiger partial charge in [-0.15, -0.1) is 6.58 Å². The molecule has 0 unspecified atom stereocenters. The van der Waals surface area contributed by atoms with Crippen LogP contribution in [0.15, 0.2) is 41.4 Å². The lowest BCUT2D eigenvalue weighted by Gasteiger charge is -2.10. The summed E-state index contributed by atoms with van der Waals surface area (Å²) >= 11 is 0. The van der Waals surface area contributed by atoms with E-state index in [2.05, 4.69) is 26.8 Å². The van der Waals surface area contributed by atoms with E-state index in [9.17, 15) is 13.2 Å². The van der Waals surface area contributed by atoms with Crippen LogP contribution in [-0.2, 0) is 32.4 Å². The number of anilines is 1. The van der Waals surface area contributed by atoms with Crippen molar-refractivity contribution < 1.29 is 17.7 Å². The predicted molar refractivity (Wildman–Crippen MR) is 112 cm³/mol. The Balaban J connectivity index is 1.79. The monoisotopic (exact) mass is 420 g/mol. The number of hydrogen-bond donors (Lipinski definition) is 2. The van der Waals surface area contributed by atoms with Crippen LogP contribution >= 0.6 is 0 Å². The van der Waals surface area contributed by atoms with E-state index in [1.807, 2.05) is 20.8 Å². The fourth-order valence-corrected chi connectivity index (χ4v) is 3.53. The van der Waals surface area contributed by atoms with E-state index in [0.29, 0.717) is 42.2 Å². The first-order valence-corrected chi connectivity index (χ1v) is 11.0. The zero-order chi connectivity index (χ0) is 21.5. The minimum atomic E-state index is -3.41. The van der Waals surface area contributed by atoms with E-state index < -0.39 is 10.0 Å². The van der Waals surface area contributed by atoms with Gasteiger partial charge in [-0.3, -0.25) is 4.79 Å². The zero-order valence-electron chi connectivity index (χ0n) is 17.1. The van der Waals surface area contributed by atoms with Gasteiger partial charge in [0.25, 0.3) is 0 Å². The predicted octanol–water partition coefficient (Wildman–Crippen LogP) is 2.93. The Kier molecular flexibility index (Phi) is 7.69. The second-order valence-corrected chi connectivity index (χ2v) is 9.56. The molecule has 1 aromatic carbocycles. The number of aromatic nitrogens is 2. The second kappa shape index (κ2) is 9.80. The standard InChI is InChI=1S/C20H28N4O4S/c1-5-13-21-29(26,27)14-15-9-11-16(12-10-15)22-17(25)7-6-8-18-23-19(24-28-18)20(2,3)4/h5,9-12,21H,1,6-8,13-14H2,2-4H3,(H,22,25). The molecule has 0 fully saturated rings. The molecular weight excluding hydrogens is 392 g/mol. The van der Waals surface area contributed by atoms with E-state index >= 15 is 0 Å². The van der Waals surface area contributed by atoms with Gasteiger partial charge >= 0.3 is 0 Å². The quantitative estimate of drug-likeness (QED) is 0.571. The minimum absolute atomic E-state index is 0.129. The second-order valence-electron chi connectivity index (χ2n) is 7.76. The van der Waals surface area contributed by atoms with Gasteiger partial charge in [-0.05, 0) is 24.1 Å². The van der Waals surface area contributed by atoms with Crippen molar-refractivity contribution in [1.29, 1.82) is 0 Å². The Bertz CT molecular complexity index is 928. The molecule has 2 aromatic rings. The number of hydrogen-bond acceptors (Lipinski definition) is 6. The van der Waals surface area contributed by atoms with Crippen molar-refractivity contribution in [2.24, 2.45) is 0 Å². The summed E-state index contributed by atoms with van der Waals surface area (Å²) in [5.74, 6) is 0.918. The summed E-state index contributed by atoms with van der Waals surface area (Å²) in [4.78, 5) is 16.5. The van der Waals surface area contributed by atoms with Gasteiger partial charge in [0.15, 0.2) is 5.82 Å². The molecule has 2 rings (SSSR count). The highest BCUT2D eigenvalue weighted by molar-refractivity contribution is 7.88. The smallest absolute Gasteiger partial charge is 0.226 e. The highest BCUT2D eigenvalue weighted by Gasteiger charge is 2.20. The van der Waals surface area contributed by atoms with Crippen molar-refractivity contribution in [1.82, 2.24) is 14.9 Å². The maximum atomic E-state index is 12.1. The van der Waals surface area contributed by atoms with Gasteiger partial charge in [0, 0.05) is 30.5 Å². The summed E-state index contributed by atoms with van der Waals surface area (Å²) in [5, 5.41) is 6.76. The van der Waals surface area contributed by atoms with Crippen LogP contribution in [0.1, 0.15) is 50.9 Å². The Hall–Kier alpha value is -2.52. The molecule has 1 heterocycles. The third-order valence-electron chi connectivity index (χ3n) is 3.98. The van der Waals surface area contributed by atoms with E-state index in [0.717, 1.165) is 0 Å². The molecule has 0 aliphatic rings. The number of sulfonamides is 1. The van der Waals surface area contributed by atoms with Gasteiger partial charge < -0.3 is 9.84 Å². The lowest BCUT2D eigenvalue weighted by atomic mass is 9.96. The van der Waals surface area contributed by atoms with E-state index in [1.54, 1.807) is 24.3 Å². The van der Waals surface area contributed by atoms with Gasteiger partial charge in [0.2, 0.25) is 21.8 Å². The molecule has 0 saturated carbocycles. The molecule has 0 spiro atoms. The van der Waals surface area contributed by atoms with Crippen molar-refractivity contribution in [3.8, 4) is 0 Å². The van der Waals surface area contributed by atoms with Crippen molar-refractivity contribution in [2.75, 3.05) is 11.9 Å². The molecule has 0 atom stereocenters. The van der Waals surface area contributed by atoms with Crippen molar-refractivity contribution in [3.63, 3.8) is 0 Å². The van der Waals surface area contributed by atoms with Crippen LogP contribution in [0.4, 0.5) is 5.69 Å². The van der Waals surface area contributed by atoms with Crippen LogP contribution in [0.25, 0.3) is 0 Å². The van der Waals surface area contributed by atoms with Gasteiger partial charge in [0.1, 0.15) is 0 Å². The molecule has 29 heavy (non-hydrogen) atoms. The summed E-state index contributed by atoms with van der Waals surface area (Å²) in [6.07, 6.45) is 2.92. The number of nitrogens with one attached hydrogen (secondary N) is 2. The van der Waals surface area contributed by atoms with Crippen LogP contribution in [0.2, 0.25) is 0 Å². The summed E-state index contributed by atoms with van der Waals surface area (Å²) < 4.78 is 31.4. The number of nitrogens with zero attached hydrogens (tertiary/aromatic N) is 2. The van der Waals surface area contributed by atoms with Crippen LogP contribution < -0.4 is 10.0 Å². The molecule has 2 N–H and O–H groups in total. The molecule has 158 valence electrons. The average Bonchev–Trinajstić information content (AvgIpc) is 3.11. The summed E-state index contributed by atoms with van der Waals surface area (Å²) in [5.41, 5.74) is 1.07. The largest absolute Gasteiger partial charge is 0.339 e. The number of carbonyl (C=O) groups is 1. The van der Waals surface area contributed by atoms with Crippen LogP contribution in [-0.4, -0.2) is 31.0 Å². The van der Waals surface area contributed by atoms with Crippen LogP contribution in [0, 0.1) is 0 Å². The van der Waals surface area contributed by atoms with Gasteiger partial charge in [-0.1, -0.05) is 44.1 Å². The number of benzene rings is 1. The fourth-order valence-electron chi connectivity index (χ4n) is 2.43. The van der Waals surface area contributed by atoms with Gasteiger partial charge in [-0.2, -0.15) is 4.98 Å². The fraction of sp³-hybridized carbons (Fsp3) is 0.450. The highest BCUT2D eigenvalue weighted by atomic mass is 32.2. The first-order chi connectivity index (χ1) is 13.6. The summed E-state index contributed by atoms with van der Waals surface area (Å²) in [6, 6.07) is 6.72. The molecule has 0 aliphatic carbocycles. The molecule has 1 amide bonds. The topological polar surface area (TPSA) is 114 Å². The average molecular weight is 421 g/mol. The SMILES string of the molecule is C=CCNS(=O)(=O)Cc1ccc(NC(=O)CCCc2nc(C(C)(C)C)no2)cc1. The Labute approximate surface area is 171 Å². The molecular formula is C20H28N4O4S. The third kappa shape index (κ3) is 7.78. The zero-order valence-corrected chi connectivity index (χ0v) is 17.9. The summed E-state index contributed by atoms with van der Waals surface area (Å²) in [7, 11) is -3.41. The molecule has 8 nitrogen and oxygen atoms in total. The van der Waals surface area contributed by atoms with E-state index in [1.165, 1.54) is 6.08 Å². The van der Waals surface area contributed by atoms with Gasteiger partial charge in [-0.25, -0.2) is 13.1 Å². The first kappa shape index (κ1) is 22.8. The number of carbonyl (C=O) groups excluding carboxylic acids is 1. The lowest BCUT2D eigenvalue weighted by molar-refractivity contribution is -0.116. The number of amides is 1. The number of rotatable bonds is 10. The normalized spacial score (nSPS) is 12.0. The van der Waals surface area contributed by atoms with E-state index in [4.69, 9.17) is 4.52 Å². The Morgan fingerprint density at radius 1 is 1.24 bits per heavy atom. The van der Waals surface area contributed by atoms with Crippen molar-refractivity contribution in [2.45, 2.75) is 51.2 Å². The molecule has 0 saturated heterocycles. The van der Waals surface area contributed by atoms with Gasteiger partial charge in [0.05, 0.1) is 5.75 Å². The summed E-state index contributed by atoms with van der Waals surface area (Å²) in [6.45, 7) is 9.69. The third-order valence-corrected chi connectivity index (χ3v) is 5.30. The minimum Gasteiger partial charge on any atom is -0.339 e. The molecule has 0 aliphatic heterocycles. The van der Waals surface area contributed by atoms with E-state index in [-0.39, 0.29) is 23.6 Å².